The summed E-state index contributed by atoms with van der Waals surface area (Å²) in [7, 11) is 1.71. The average molecular weight is 274 g/mol. The van der Waals surface area contributed by atoms with Gasteiger partial charge in [0.2, 0.25) is 0 Å². The molecule has 0 radical (unpaired) electrons. The van der Waals surface area contributed by atoms with Gasteiger partial charge in [0.25, 0.3) is 0 Å². The summed E-state index contributed by atoms with van der Waals surface area (Å²) in [6.45, 7) is 4.51. The zero-order valence-electron chi connectivity index (χ0n) is 11.5. The summed E-state index contributed by atoms with van der Waals surface area (Å²) in [5.74, 6) is -0.325. The van der Waals surface area contributed by atoms with Crippen LogP contribution in [0.25, 0.3) is 17.2 Å². The molecule has 0 bridgehead atoms. The smallest absolute Gasteiger partial charge is 0.408 e. The van der Waals surface area contributed by atoms with Gasteiger partial charge in [0, 0.05) is 26.7 Å². The second-order valence-corrected chi connectivity index (χ2v) is 4.97. The number of aromatic nitrogens is 1. The zero-order chi connectivity index (χ0) is 13.9. The summed E-state index contributed by atoms with van der Waals surface area (Å²) in [6.07, 6.45) is 4.19. The van der Waals surface area contributed by atoms with Crippen LogP contribution in [0.4, 0.5) is 0 Å². The van der Waals surface area contributed by atoms with E-state index in [0.717, 1.165) is 43.9 Å². The number of ether oxygens (including phenoxy) is 1. The predicted molar refractivity (Wildman–Crippen MR) is 77.7 cm³/mol. The first-order chi connectivity index (χ1) is 9.74. The molecule has 2 aromatic rings. The number of nitrogens with zero attached hydrogens (tertiary/aromatic N) is 2. The Balaban J connectivity index is 1.72. The van der Waals surface area contributed by atoms with E-state index in [2.05, 4.69) is 17.1 Å². The van der Waals surface area contributed by atoms with Crippen LogP contribution in [-0.2, 0) is 11.8 Å². The van der Waals surface area contributed by atoms with E-state index in [-0.39, 0.29) is 5.76 Å². The van der Waals surface area contributed by atoms with Crippen molar-refractivity contribution in [1.29, 1.82) is 0 Å². The summed E-state index contributed by atoms with van der Waals surface area (Å²) < 4.78 is 12.0. The van der Waals surface area contributed by atoms with E-state index in [1.54, 1.807) is 7.05 Å². The van der Waals surface area contributed by atoms with Crippen LogP contribution in [0.3, 0.4) is 0 Å². The zero-order valence-corrected chi connectivity index (χ0v) is 11.5. The van der Waals surface area contributed by atoms with Crippen LogP contribution in [0.15, 0.2) is 33.5 Å². The maximum absolute atomic E-state index is 11.4. The summed E-state index contributed by atoms with van der Waals surface area (Å²) in [5, 5.41) is 0. The van der Waals surface area contributed by atoms with Gasteiger partial charge in [0.05, 0.1) is 18.7 Å². The van der Waals surface area contributed by atoms with Crippen LogP contribution in [-0.4, -0.2) is 42.3 Å². The minimum absolute atomic E-state index is 0.325. The molecule has 2 heterocycles. The number of oxazole rings is 1. The minimum Gasteiger partial charge on any atom is -0.408 e. The van der Waals surface area contributed by atoms with Gasteiger partial charge < -0.3 is 9.15 Å². The monoisotopic (exact) mass is 274 g/mol. The van der Waals surface area contributed by atoms with Crippen molar-refractivity contribution in [3.63, 3.8) is 0 Å². The molecule has 0 amide bonds. The Kier molecular flexibility index (Phi) is 3.71. The largest absolute Gasteiger partial charge is 0.419 e. The van der Waals surface area contributed by atoms with Crippen LogP contribution in [0.5, 0.6) is 0 Å². The molecule has 1 aliphatic rings. The molecule has 0 spiro atoms. The molecule has 0 N–H and O–H groups in total. The summed E-state index contributed by atoms with van der Waals surface area (Å²) in [4.78, 5) is 13.8. The highest BCUT2D eigenvalue weighted by Gasteiger charge is 2.08. The first-order valence-corrected chi connectivity index (χ1v) is 6.80. The fourth-order valence-electron chi connectivity index (χ4n) is 2.38. The molecule has 1 aromatic carbocycles. The fourth-order valence-corrected chi connectivity index (χ4v) is 2.38. The molecule has 1 aliphatic heterocycles. The topological polar surface area (TPSA) is 47.6 Å². The van der Waals surface area contributed by atoms with Crippen LogP contribution >= 0.6 is 0 Å². The van der Waals surface area contributed by atoms with Crippen molar-refractivity contribution in [1.82, 2.24) is 9.47 Å². The Morgan fingerprint density at radius 2 is 2.10 bits per heavy atom. The van der Waals surface area contributed by atoms with Crippen molar-refractivity contribution >= 4 is 17.2 Å². The number of morpholine rings is 1. The first-order valence-electron chi connectivity index (χ1n) is 6.80. The van der Waals surface area contributed by atoms with Gasteiger partial charge in [0.15, 0.2) is 5.58 Å². The van der Waals surface area contributed by atoms with Gasteiger partial charge in [-0.05, 0) is 17.7 Å². The lowest BCUT2D eigenvalue weighted by Crippen LogP contribution is -2.36. The molecule has 3 rings (SSSR count). The normalized spacial score (nSPS) is 17.2. The van der Waals surface area contributed by atoms with E-state index < -0.39 is 0 Å². The predicted octanol–water partition coefficient (Wildman–Crippen LogP) is 1.48. The van der Waals surface area contributed by atoms with E-state index in [1.165, 1.54) is 4.57 Å². The number of aryl methyl sites for hydroxylation is 1. The van der Waals surface area contributed by atoms with E-state index >= 15 is 0 Å². The Bertz CT molecular complexity index is 678. The van der Waals surface area contributed by atoms with Crippen molar-refractivity contribution in [2.45, 2.75) is 0 Å². The second-order valence-electron chi connectivity index (χ2n) is 4.97. The molecule has 106 valence electrons. The van der Waals surface area contributed by atoms with Crippen LogP contribution in [0.2, 0.25) is 0 Å². The van der Waals surface area contributed by atoms with Gasteiger partial charge in [-0.15, -0.1) is 0 Å². The van der Waals surface area contributed by atoms with Crippen molar-refractivity contribution in [2.75, 3.05) is 32.8 Å². The molecular weight excluding hydrogens is 256 g/mol. The Hall–Kier alpha value is -1.85. The van der Waals surface area contributed by atoms with Crippen molar-refractivity contribution < 1.29 is 9.15 Å². The maximum Gasteiger partial charge on any atom is 0.419 e. The molecule has 1 aromatic heterocycles. The molecule has 1 saturated heterocycles. The molecule has 0 saturated carbocycles. The summed E-state index contributed by atoms with van der Waals surface area (Å²) in [6, 6.07) is 5.80. The van der Waals surface area contributed by atoms with Crippen LogP contribution in [0, 0.1) is 0 Å². The third-order valence-electron chi connectivity index (χ3n) is 3.59. The number of hydrogen-bond donors (Lipinski definition) is 0. The van der Waals surface area contributed by atoms with E-state index in [1.807, 2.05) is 18.2 Å². The van der Waals surface area contributed by atoms with Crippen LogP contribution < -0.4 is 5.76 Å². The van der Waals surface area contributed by atoms with Gasteiger partial charge in [-0.1, -0.05) is 18.2 Å². The number of rotatable bonds is 3. The van der Waals surface area contributed by atoms with Gasteiger partial charge in [-0.2, -0.15) is 0 Å². The lowest BCUT2D eigenvalue weighted by Gasteiger charge is -2.25. The molecular formula is C15H18N2O3. The van der Waals surface area contributed by atoms with Gasteiger partial charge in [-0.3, -0.25) is 9.47 Å². The van der Waals surface area contributed by atoms with E-state index in [0.29, 0.717) is 5.58 Å². The second kappa shape index (κ2) is 5.64. The third-order valence-corrected chi connectivity index (χ3v) is 3.59. The maximum atomic E-state index is 11.4. The van der Waals surface area contributed by atoms with Gasteiger partial charge >= 0.3 is 5.76 Å². The first kappa shape index (κ1) is 13.1. The molecule has 20 heavy (non-hydrogen) atoms. The number of fused-ring (bicyclic) bond motifs is 1. The molecule has 0 unspecified atom stereocenters. The highest BCUT2D eigenvalue weighted by Crippen LogP contribution is 2.15. The fraction of sp³-hybridized carbons (Fsp3) is 0.400. The highest BCUT2D eigenvalue weighted by atomic mass is 16.5. The lowest BCUT2D eigenvalue weighted by atomic mass is 10.2. The number of benzene rings is 1. The van der Waals surface area contributed by atoms with Crippen molar-refractivity contribution in [3.8, 4) is 0 Å². The van der Waals surface area contributed by atoms with Crippen molar-refractivity contribution in [2.24, 2.45) is 7.05 Å². The molecule has 5 nitrogen and oxygen atoms in total. The third kappa shape index (κ3) is 2.69. The molecule has 0 atom stereocenters. The van der Waals surface area contributed by atoms with E-state index in [4.69, 9.17) is 9.15 Å². The summed E-state index contributed by atoms with van der Waals surface area (Å²) in [5.41, 5.74) is 2.49. The Morgan fingerprint density at radius 3 is 2.90 bits per heavy atom. The van der Waals surface area contributed by atoms with Gasteiger partial charge in [0.1, 0.15) is 0 Å². The van der Waals surface area contributed by atoms with E-state index in [9.17, 15) is 4.79 Å². The molecule has 0 aliphatic carbocycles. The van der Waals surface area contributed by atoms with Gasteiger partial charge in [-0.25, -0.2) is 4.79 Å². The lowest BCUT2D eigenvalue weighted by molar-refractivity contribution is 0.0435. The minimum atomic E-state index is -0.325. The standard InChI is InChI=1S/C15H18N2O3/c1-16-13-5-4-12(11-14(13)20-15(16)18)3-2-6-17-7-9-19-10-8-17/h2-5,11H,6-10H2,1H3. The molecule has 1 fully saturated rings. The Morgan fingerprint density at radius 1 is 1.30 bits per heavy atom. The van der Waals surface area contributed by atoms with Crippen molar-refractivity contribution in [3.05, 3.63) is 40.4 Å². The quantitative estimate of drug-likeness (QED) is 0.850. The van der Waals surface area contributed by atoms with Crippen LogP contribution in [0.1, 0.15) is 5.56 Å². The highest BCUT2D eigenvalue weighted by molar-refractivity contribution is 5.76. The summed E-state index contributed by atoms with van der Waals surface area (Å²) >= 11 is 0. The Labute approximate surface area is 117 Å². The SMILES string of the molecule is Cn1c(=O)oc2cc(C=CCN3CCOCC3)ccc21. The average Bonchev–Trinajstić information content (AvgIpc) is 2.75. The molecule has 5 heteroatoms. The number of hydrogen-bond acceptors (Lipinski definition) is 4.